The molecule has 6 nitrogen and oxygen atoms in total. The number of hydrogen-bond donors (Lipinski definition) is 3. The Morgan fingerprint density at radius 3 is 2.47 bits per heavy atom. The lowest BCUT2D eigenvalue weighted by atomic mass is 9.93. The van der Waals surface area contributed by atoms with Crippen LogP contribution >= 0.6 is 22.6 Å². The van der Waals surface area contributed by atoms with Gasteiger partial charge in [-0.25, -0.2) is 13.6 Å². The van der Waals surface area contributed by atoms with Gasteiger partial charge in [-0.2, -0.15) is 0 Å². The largest absolute Gasteiger partial charge is 0.478 e. The quantitative estimate of drug-likeness (QED) is 0.423. The number of aromatic carboxylic acids is 1. The van der Waals surface area contributed by atoms with Gasteiger partial charge in [-0.05, 0) is 77.6 Å². The van der Waals surface area contributed by atoms with Crippen LogP contribution in [-0.4, -0.2) is 46.7 Å². The van der Waals surface area contributed by atoms with Crippen molar-refractivity contribution in [2.75, 3.05) is 25.0 Å². The van der Waals surface area contributed by atoms with E-state index in [4.69, 9.17) is 5.11 Å². The van der Waals surface area contributed by atoms with Crippen LogP contribution in [0, 0.1) is 21.1 Å². The molecule has 1 heterocycles. The summed E-state index contributed by atoms with van der Waals surface area (Å²) in [6.45, 7) is 4.41. The van der Waals surface area contributed by atoms with Crippen molar-refractivity contribution in [1.29, 1.82) is 0 Å². The molecule has 0 aliphatic carbocycles. The number of rotatable bonds is 7. The molecular weight excluding hydrogens is 533 g/mol. The van der Waals surface area contributed by atoms with E-state index in [1.165, 1.54) is 11.0 Å². The number of aliphatic hydroxyl groups is 1. The van der Waals surface area contributed by atoms with Crippen LogP contribution in [-0.2, 0) is 0 Å². The molecule has 9 heteroatoms. The van der Waals surface area contributed by atoms with Gasteiger partial charge < -0.3 is 20.4 Å². The topological polar surface area (TPSA) is 89.9 Å². The van der Waals surface area contributed by atoms with Crippen LogP contribution in [0.5, 0.6) is 0 Å². The Morgan fingerprint density at radius 2 is 1.88 bits per heavy atom. The van der Waals surface area contributed by atoms with Crippen molar-refractivity contribution < 1.29 is 28.6 Å². The molecule has 170 valence electrons. The zero-order chi connectivity index (χ0) is 23.4. The Kier molecular flexibility index (Phi) is 7.83. The van der Waals surface area contributed by atoms with E-state index in [0.717, 1.165) is 9.64 Å². The maximum absolute atomic E-state index is 15.0. The number of hydrogen-bond acceptors (Lipinski definition) is 4. The third-order valence-electron chi connectivity index (χ3n) is 5.60. The van der Waals surface area contributed by atoms with Gasteiger partial charge in [-0.1, -0.05) is 12.7 Å². The molecule has 32 heavy (non-hydrogen) atoms. The number of carboxylic acid groups (broad SMARTS) is 1. The molecule has 1 aliphatic heterocycles. The number of piperidine rings is 1. The summed E-state index contributed by atoms with van der Waals surface area (Å²) >= 11 is 2.09. The molecule has 0 bridgehead atoms. The minimum absolute atomic E-state index is 0.0586. The Balaban J connectivity index is 1.96. The number of carbonyl (C=O) groups is 2. The summed E-state index contributed by atoms with van der Waals surface area (Å²) in [4.78, 5) is 26.1. The normalized spacial score (nSPS) is 14.3. The van der Waals surface area contributed by atoms with Crippen LogP contribution in [0.2, 0.25) is 0 Å². The molecule has 2 aromatic carbocycles. The van der Waals surface area contributed by atoms with Crippen LogP contribution in [0.3, 0.4) is 0 Å². The minimum atomic E-state index is -1.49. The maximum Gasteiger partial charge on any atom is 0.337 e. The fraction of sp³-hybridized carbons (Fsp3) is 0.304. The maximum atomic E-state index is 15.0. The van der Waals surface area contributed by atoms with Gasteiger partial charge in [0.25, 0.3) is 5.91 Å². The molecule has 1 saturated heterocycles. The van der Waals surface area contributed by atoms with E-state index in [9.17, 15) is 19.1 Å². The number of aliphatic hydroxyl groups excluding tert-OH is 1. The molecule has 1 amide bonds. The monoisotopic (exact) mass is 556 g/mol. The number of carbonyl (C=O) groups excluding carboxylic acids is 1. The summed E-state index contributed by atoms with van der Waals surface area (Å²) in [6, 6.07) is 5.97. The standard InChI is InChI=1S/C23H23F2IN2O4/c1-2-14-11-15(26)3-4-18(14)27-21-17(23(31)32)12-16(19(24)20(21)25)22(30)28-8-5-13(6-9-28)7-10-29/h2-4,11-13,27,29H,1,5-10H2,(H,31,32). The Labute approximate surface area is 198 Å². The first-order valence-corrected chi connectivity index (χ1v) is 11.2. The third kappa shape index (κ3) is 5.09. The van der Waals surface area contributed by atoms with Crippen molar-refractivity contribution in [2.24, 2.45) is 5.92 Å². The van der Waals surface area contributed by atoms with E-state index in [2.05, 4.69) is 34.5 Å². The fourth-order valence-corrected chi connectivity index (χ4v) is 4.32. The fourth-order valence-electron chi connectivity index (χ4n) is 3.80. The SMILES string of the molecule is C=Cc1cc(I)ccc1Nc1c(C(=O)O)cc(C(=O)N2CCC(CCO)CC2)c(F)c1F. The zero-order valence-electron chi connectivity index (χ0n) is 17.2. The van der Waals surface area contributed by atoms with Crippen LogP contribution in [0.1, 0.15) is 45.5 Å². The van der Waals surface area contributed by atoms with E-state index in [1.54, 1.807) is 18.2 Å². The lowest BCUT2D eigenvalue weighted by molar-refractivity contribution is 0.0672. The number of anilines is 2. The number of halogens is 3. The second kappa shape index (κ2) is 10.4. The van der Waals surface area contributed by atoms with Crippen molar-refractivity contribution in [3.05, 3.63) is 62.7 Å². The van der Waals surface area contributed by atoms with Crippen molar-refractivity contribution in [3.63, 3.8) is 0 Å². The van der Waals surface area contributed by atoms with E-state index in [1.807, 2.05) is 0 Å². The number of likely N-dealkylation sites (tertiary alicyclic amines) is 1. The van der Waals surface area contributed by atoms with Gasteiger partial charge in [-0.3, -0.25) is 4.79 Å². The first kappa shape index (κ1) is 24.1. The molecule has 2 aromatic rings. The number of nitrogens with one attached hydrogen (secondary N) is 1. The van der Waals surface area contributed by atoms with Crippen LogP contribution in [0.15, 0.2) is 30.8 Å². The highest BCUT2D eigenvalue weighted by Crippen LogP contribution is 2.32. The van der Waals surface area contributed by atoms with Gasteiger partial charge in [0.2, 0.25) is 0 Å². The molecule has 3 N–H and O–H groups in total. The van der Waals surface area contributed by atoms with E-state index in [0.29, 0.717) is 43.6 Å². The molecule has 0 unspecified atom stereocenters. The second-order valence-electron chi connectivity index (χ2n) is 7.59. The van der Waals surface area contributed by atoms with Gasteiger partial charge in [0.05, 0.1) is 16.8 Å². The number of carboxylic acids is 1. The predicted octanol–water partition coefficient (Wildman–Crippen LogP) is 4.89. The summed E-state index contributed by atoms with van der Waals surface area (Å²) in [5.41, 5.74) is -0.781. The molecule has 0 aromatic heterocycles. The second-order valence-corrected chi connectivity index (χ2v) is 8.83. The van der Waals surface area contributed by atoms with Gasteiger partial charge in [0.15, 0.2) is 11.6 Å². The minimum Gasteiger partial charge on any atom is -0.478 e. The van der Waals surface area contributed by atoms with Crippen molar-refractivity contribution in [3.8, 4) is 0 Å². The van der Waals surface area contributed by atoms with Gasteiger partial charge in [0, 0.05) is 29.0 Å². The van der Waals surface area contributed by atoms with Gasteiger partial charge in [0.1, 0.15) is 0 Å². The first-order chi connectivity index (χ1) is 15.3. The first-order valence-electron chi connectivity index (χ1n) is 10.1. The lowest BCUT2D eigenvalue weighted by Gasteiger charge is -2.32. The summed E-state index contributed by atoms with van der Waals surface area (Å²) in [7, 11) is 0. The van der Waals surface area contributed by atoms with Gasteiger partial charge in [-0.15, -0.1) is 0 Å². The predicted molar refractivity (Wildman–Crippen MR) is 126 cm³/mol. The van der Waals surface area contributed by atoms with E-state index < -0.39 is 40.3 Å². The molecule has 1 aliphatic rings. The van der Waals surface area contributed by atoms with Crippen LogP contribution < -0.4 is 5.32 Å². The molecule has 3 rings (SSSR count). The molecule has 0 saturated carbocycles. The van der Waals surface area contributed by atoms with Crippen molar-refractivity contribution in [2.45, 2.75) is 19.3 Å². The summed E-state index contributed by atoms with van der Waals surface area (Å²) in [6.07, 6.45) is 3.41. The summed E-state index contributed by atoms with van der Waals surface area (Å²) in [5.74, 6) is -4.81. The average molecular weight is 556 g/mol. The van der Waals surface area contributed by atoms with E-state index >= 15 is 4.39 Å². The Bertz CT molecular complexity index is 1050. The highest BCUT2D eigenvalue weighted by Gasteiger charge is 2.30. The van der Waals surface area contributed by atoms with Crippen molar-refractivity contribution in [1.82, 2.24) is 4.90 Å². The Hall–Kier alpha value is -2.53. The molecular formula is C23H23F2IN2O4. The lowest BCUT2D eigenvalue weighted by Crippen LogP contribution is -2.39. The number of benzene rings is 2. The molecule has 0 spiro atoms. The summed E-state index contributed by atoms with van der Waals surface area (Å²) < 4.78 is 30.9. The van der Waals surface area contributed by atoms with Gasteiger partial charge >= 0.3 is 5.97 Å². The Morgan fingerprint density at radius 1 is 1.19 bits per heavy atom. The zero-order valence-corrected chi connectivity index (χ0v) is 19.4. The highest BCUT2D eigenvalue weighted by atomic mass is 127. The van der Waals surface area contributed by atoms with Crippen LogP contribution in [0.4, 0.5) is 20.2 Å². The highest BCUT2D eigenvalue weighted by molar-refractivity contribution is 14.1. The number of amides is 1. The average Bonchev–Trinajstić information content (AvgIpc) is 2.78. The number of nitrogens with zero attached hydrogens (tertiary/aromatic N) is 1. The summed E-state index contributed by atoms with van der Waals surface area (Å²) in [5, 5.41) is 21.4. The van der Waals surface area contributed by atoms with E-state index in [-0.39, 0.29) is 12.5 Å². The molecule has 1 fully saturated rings. The molecule has 0 radical (unpaired) electrons. The third-order valence-corrected chi connectivity index (χ3v) is 6.27. The van der Waals surface area contributed by atoms with Crippen molar-refractivity contribution >= 4 is 51.9 Å². The smallest absolute Gasteiger partial charge is 0.337 e. The van der Waals surface area contributed by atoms with Crippen LogP contribution in [0.25, 0.3) is 6.08 Å². The molecule has 0 atom stereocenters.